The van der Waals surface area contributed by atoms with E-state index in [4.69, 9.17) is 9.35 Å². The van der Waals surface area contributed by atoms with Gasteiger partial charge >= 0.3 is 10.4 Å². The van der Waals surface area contributed by atoms with Gasteiger partial charge < -0.3 is 21.7 Å². The van der Waals surface area contributed by atoms with E-state index in [1.54, 1.807) is 6.92 Å². The highest BCUT2D eigenvalue weighted by molar-refractivity contribution is 7.99. The summed E-state index contributed by atoms with van der Waals surface area (Å²) >= 11 is 1.40. The molecule has 0 aliphatic rings. The number of benzene rings is 2. The first-order chi connectivity index (χ1) is 16.6. The topological polar surface area (TPSA) is 181 Å². The molecule has 0 radical (unpaired) electrons. The lowest BCUT2D eigenvalue weighted by molar-refractivity contribution is -0.106. The van der Waals surface area contributed by atoms with Crippen LogP contribution in [0.4, 0.5) is 29.0 Å². The second kappa shape index (κ2) is 13.4. The number of nitrogens with one attached hydrogen (secondary N) is 3. The molecule has 0 saturated carbocycles. The van der Waals surface area contributed by atoms with E-state index in [0.717, 1.165) is 27.5 Å². The number of hydrogen-bond acceptors (Lipinski definition) is 11. The summed E-state index contributed by atoms with van der Waals surface area (Å²) < 4.78 is 33.9. The fourth-order valence-electron chi connectivity index (χ4n) is 2.75. The van der Waals surface area contributed by atoms with Crippen LogP contribution in [-0.2, 0) is 19.4 Å². The maximum Gasteiger partial charge on any atom is 0.397 e. The molecule has 0 fully saturated rings. The number of primary amides is 1. The Hall–Kier alpha value is -3.46. The van der Waals surface area contributed by atoms with Crippen molar-refractivity contribution in [3.63, 3.8) is 0 Å². The number of aryl methyl sites for hydroxylation is 2. The van der Waals surface area contributed by atoms with Gasteiger partial charge in [-0.3, -0.25) is 9.35 Å². The quantitative estimate of drug-likeness (QED) is 0.114. The molecule has 3 aromatic rings. The Kier molecular flexibility index (Phi) is 10.7. The van der Waals surface area contributed by atoms with E-state index in [1.165, 1.54) is 11.8 Å². The fourth-order valence-corrected chi connectivity index (χ4v) is 3.88. The highest BCUT2D eigenvalue weighted by Gasteiger charge is 2.07. The second-order valence-corrected chi connectivity index (χ2v) is 9.08. The number of amides is 1. The first-order valence-electron chi connectivity index (χ1n) is 10.2. The number of carbonyl (C=O) groups is 1. The molecule has 0 saturated heterocycles. The molecule has 3 rings (SSSR count). The summed E-state index contributed by atoms with van der Waals surface area (Å²) in [7, 11) is -2.53. The Morgan fingerprint density at radius 3 is 2.17 bits per heavy atom. The van der Waals surface area contributed by atoms with Crippen molar-refractivity contribution in [2.75, 3.05) is 35.4 Å². The highest BCUT2D eigenvalue weighted by atomic mass is 32.3. The number of anilines is 5. The number of nitrogens with two attached hydrogens (primary N) is 1. The number of hydrogen-bond donors (Lipinski definition) is 5. The molecule has 14 heteroatoms. The average molecular weight is 522 g/mol. The summed E-state index contributed by atoms with van der Waals surface area (Å²) in [5, 5.41) is 9.51. The number of thioether (sulfide) groups is 1. The lowest BCUT2D eigenvalue weighted by Crippen LogP contribution is -2.06. The van der Waals surface area contributed by atoms with E-state index in [1.807, 2.05) is 56.4 Å². The molecule has 1 heterocycles. The minimum Gasteiger partial charge on any atom is -0.388 e. The van der Waals surface area contributed by atoms with Crippen molar-refractivity contribution in [1.82, 2.24) is 15.0 Å². The van der Waals surface area contributed by atoms with Crippen LogP contribution in [0.1, 0.15) is 11.4 Å². The van der Waals surface area contributed by atoms with Crippen molar-refractivity contribution in [1.29, 1.82) is 0 Å². The van der Waals surface area contributed by atoms with Crippen LogP contribution >= 0.6 is 11.8 Å². The van der Waals surface area contributed by atoms with E-state index in [2.05, 4.69) is 40.8 Å². The van der Waals surface area contributed by atoms with Crippen LogP contribution in [-0.4, -0.2) is 53.7 Å². The van der Waals surface area contributed by atoms with Gasteiger partial charge in [0.25, 0.3) is 0 Å². The summed E-state index contributed by atoms with van der Waals surface area (Å²) in [5.74, 6) is 1.78. The van der Waals surface area contributed by atoms with Crippen LogP contribution in [0.5, 0.6) is 0 Å². The van der Waals surface area contributed by atoms with Gasteiger partial charge in [-0.25, -0.2) is 4.18 Å². The molecule has 188 valence electrons. The van der Waals surface area contributed by atoms with Crippen molar-refractivity contribution in [3.05, 3.63) is 53.9 Å². The summed E-state index contributed by atoms with van der Waals surface area (Å²) in [6, 6.07) is 13.4. The zero-order valence-corrected chi connectivity index (χ0v) is 21.0. The summed E-state index contributed by atoms with van der Waals surface area (Å²) in [6.07, 6.45) is 0.250. The normalized spacial score (nSPS) is 10.6. The van der Waals surface area contributed by atoms with Crippen LogP contribution in [0.3, 0.4) is 0 Å². The van der Waals surface area contributed by atoms with Gasteiger partial charge in [0.1, 0.15) is 5.82 Å². The first kappa shape index (κ1) is 27.8. The Bertz CT molecular complexity index is 1230. The van der Waals surface area contributed by atoms with Crippen molar-refractivity contribution in [2.24, 2.45) is 5.73 Å². The van der Waals surface area contributed by atoms with Crippen LogP contribution in [0.25, 0.3) is 0 Å². The van der Waals surface area contributed by atoms with Gasteiger partial charge in [-0.05, 0) is 55.8 Å². The van der Waals surface area contributed by atoms with Gasteiger partial charge in [-0.15, -0.1) is 11.8 Å². The number of nitrogens with zero attached hydrogens (tertiary/aromatic N) is 3. The number of aromatic nitrogens is 3. The molecule has 0 aliphatic carbocycles. The third kappa shape index (κ3) is 10.1. The van der Waals surface area contributed by atoms with Crippen LogP contribution in [0.2, 0.25) is 0 Å². The monoisotopic (exact) mass is 521 g/mol. The smallest absolute Gasteiger partial charge is 0.388 e. The summed E-state index contributed by atoms with van der Waals surface area (Å²) in [5.41, 5.74) is 7.96. The predicted molar refractivity (Wildman–Crippen MR) is 137 cm³/mol. The van der Waals surface area contributed by atoms with Gasteiger partial charge in [0.15, 0.2) is 0 Å². The molecule has 2 aromatic carbocycles. The van der Waals surface area contributed by atoms with Crippen molar-refractivity contribution in [2.45, 2.75) is 18.7 Å². The average Bonchev–Trinajstić information content (AvgIpc) is 2.78. The lowest BCUT2D eigenvalue weighted by Gasteiger charge is -2.11. The molecule has 12 nitrogen and oxygen atoms in total. The molecule has 35 heavy (non-hydrogen) atoms. The molecule has 0 bridgehead atoms. The zero-order valence-electron chi connectivity index (χ0n) is 19.3. The van der Waals surface area contributed by atoms with Gasteiger partial charge in [-0.2, -0.15) is 23.4 Å². The van der Waals surface area contributed by atoms with Gasteiger partial charge in [0, 0.05) is 34.8 Å². The molecule has 1 amide bonds. The molecule has 1 aromatic heterocycles. The summed E-state index contributed by atoms with van der Waals surface area (Å²) in [6.45, 7) is 3.71. The SMILES string of the molecule is CNc1cc(Nc2nc(C)nc(Nc3ccc(SCCOS(=O)(=O)O)cc3)n2)ccc1C.NC=O. The van der Waals surface area contributed by atoms with Gasteiger partial charge in [0.05, 0.1) is 6.61 Å². The Morgan fingerprint density at radius 2 is 1.60 bits per heavy atom. The molecule has 6 N–H and O–H groups in total. The Balaban J connectivity index is 0.00000137. The van der Waals surface area contributed by atoms with Crippen molar-refractivity contribution >= 4 is 57.5 Å². The third-order valence-electron chi connectivity index (χ3n) is 4.21. The maximum atomic E-state index is 10.5. The minimum atomic E-state index is -4.40. The first-order valence-corrected chi connectivity index (χ1v) is 12.5. The van der Waals surface area contributed by atoms with Crippen molar-refractivity contribution in [3.8, 4) is 0 Å². The van der Waals surface area contributed by atoms with E-state index < -0.39 is 10.4 Å². The van der Waals surface area contributed by atoms with Crippen LogP contribution in [0.15, 0.2) is 47.4 Å². The maximum absolute atomic E-state index is 10.5. The van der Waals surface area contributed by atoms with Gasteiger partial charge in [-0.1, -0.05) is 6.07 Å². The van der Waals surface area contributed by atoms with E-state index in [-0.39, 0.29) is 13.0 Å². The van der Waals surface area contributed by atoms with E-state index in [9.17, 15) is 8.42 Å². The standard InChI is InChI=1S/C20H24N6O4S2.CH3NO/c1-13-4-5-16(12-18(13)21-3)25-20-23-14(2)22-19(26-20)24-15-6-8-17(9-7-15)31-11-10-30-32(27,28)29;2-1-3/h4-9,12,21H,10-11H2,1-3H3,(H,27,28,29)(H2,22,23,24,25,26);1H,(H2,2,3). The number of rotatable bonds is 10. The molecular formula is C21H27N7O5S2. The van der Waals surface area contributed by atoms with Crippen molar-refractivity contribution < 1.29 is 21.9 Å². The van der Waals surface area contributed by atoms with E-state index in [0.29, 0.717) is 23.5 Å². The molecule has 0 aliphatic heterocycles. The molecule has 0 spiro atoms. The lowest BCUT2D eigenvalue weighted by atomic mass is 10.2. The minimum absolute atomic E-state index is 0.111. The third-order valence-corrected chi connectivity index (χ3v) is 5.65. The zero-order chi connectivity index (χ0) is 25.8. The largest absolute Gasteiger partial charge is 0.397 e. The summed E-state index contributed by atoms with van der Waals surface area (Å²) in [4.78, 5) is 22.6. The Morgan fingerprint density at radius 1 is 1.03 bits per heavy atom. The highest BCUT2D eigenvalue weighted by Crippen LogP contribution is 2.24. The number of carbonyl (C=O) groups excluding carboxylic acids is 1. The fraction of sp³-hybridized carbons (Fsp3) is 0.238. The van der Waals surface area contributed by atoms with Crippen LogP contribution < -0.4 is 21.7 Å². The molecule has 0 unspecified atom stereocenters. The second-order valence-electron chi connectivity index (χ2n) is 6.82. The predicted octanol–water partition coefficient (Wildman–Crippen LogP) is 3.03. The Labute approximate surface area is 208 Å². The molecule has 0 atom stereocenters. The molecular weight excluding hydrogens is 494 g/mol. The van der Waals surface area contributed by atoms with Gasteiger partial charge in [0.2, 0.25) is 18.3 Å². The van der Waals surface area contributed by atoms with E-state index >= 15 is 0 Å². The van der Waals surface area contributed by atoms with Crippen LogP contribution in [0, 0.1) is 13.8 Å².